The van der Waals surface area contributed by atoms with Crippen LogP contribution in [0, 0.1) is 25.7 Å². The number of H-pyrrole nitrogens is 1. The van der Waals surface area contributed by atoms with Gasteiger partial charge in [0.25, 0.3) is 0 Å². The van der Waals surface area contributed by atoms with E-state index in [0.717, 1.165) is 42.0 Å². The number of aromatic amines is 1. The molecule has 0 spiro atoms. The highest BCUT2D eigenvalue weighted by Gasteiger charge is 2.39. The van der Waals surface area contributed by atoms with Gasteiger partial charge in [-0.05, 0) is 75.5 Å². The molecule has 1 N–H and O–H groups in total. The standard InChI is InChI=1S/C18H22N4O.C8H12N2/c1-12-14(10-22-11-17(7-19-22)13(2)23)5-6-18(20-12)21-8-15-3-4-16(15)9-21;1-5-3-4-7-6(2)9-10-8(5)7/h5-7,11,15-16H,3-4,8-10H2,1-2H3;5H,3-4H2,1-2H3,(H,9,10). The largest absolute Gasteiger partial charge is 0.356 e. The van der Waals surface area contributed by atoms with Crippen molar-refractivity contribution in [3.05, 3.63) is 58.3 Å². The molecule has 0 amide bonds. The second-order valence-corrected chi connectivity index (χ2v) is 10.1. The van der Waals surface area contributed by atoms with Crippen LogP contribution in [0.3, 0.4) is 0 Å². The molecule has 4 heterocycles. The molecule has 2 fully saturated rings. The van der Waals surface area contributed by atoms with Crippen LogP contribution in [0.2, 0.25) is 0 Å². The number of carbonyl (C=O) groups excluding carboxylic acids is 1. The lowest BCUT2D eigenvalue weighted by Crippen LogP contribution is -2.22. The molecule has 174 valence electrons. The van der Waals surface area contributed by atoms with Crippen LogP contribution in [0.15, 0.2) is 24.5 Å². The highest BCUT2D eigenvalue weighted by Crippen LogP contribution is 2.41. The van der Waals surface area contributed by atoms with Gasteiger partial charge in [-0.3, -0.25) is 14.6 Å². The fourth-order valence-electron chi connectivity index (χ4n) is 5.36. The van der Waals surface area contributed by atoms with E-state index in [-0.39, 0.29) is 5.78 Å². The number of anilines is 1. The Morgan fingerprint density at radius 2 is 1.91 bits per heavy atom. The molecule has 1 aliphatic heterocycles. The molecule has 33 heavy (non-hydrogen) atoms. The SMILES string of the molecule is CC(=O)c1cnn(Cc2ccc(N3CC4CCC4C3)nc2C)c1.Cc1[nH]nc2c1CCC2C. The third-order valence-corrected chi connectivity index (χ3v) is 7.76. The molecule has 3 aliphatic rings. The predicted octanol–water partition coefficient (Wildman–Crippen LogP) is 4.45. The number of aryl methyl sites for hydroxylation is 2. The van der Waals surface area contributed by atoms with Crippen LogP contribution in [0.1, 0.15) is 77.6 Å². The van der Waals surface area contributed by atoms with Crippen LogP contribution in [0.25, 0.3) is 0 Å². The highest BCUT2D eigenvalue weighted by molar-refractivity contribution is 5.93. The smallest absolute Gasteiger partial charge is 0.162 e. The van der Waals surface area contributed by atoms with Gasteiger partial charge in [-0.1, -0.05) is 13.0 Å². The van der Waals surface area contributed by atoms with Gasteiger partial charge in [0.1, 0.15) is 5.82 Å². The van der Waals surface area contributed by atoms with Gasteiger partial charge >= 0.3 is 0 Å². The van der Waals surface area contributed by atoms with E-state index in [2.05, 4.69) is 53.1 Å². The molecule has 3 aromatic rings. The molecule has 2 aliphatic carbocycles. The Morgan fingerprint density at radius 1 is 1.15 bits per heavy atom. The molecule has 3 unspecified atom stereocenters. The fourth-order valence-corrected chi connectivity index (χ4v) is 5.36. The van der Waals surface area contributed by atoms with E-state index in [9.17, 15) is 4.79 Å². The maximum absolute atomic E-state index is 11.4. The van der Waals surface area contributed by atoms with Gasteiger partial charge in [-0.25, -0.2) is 4.98 Å². The summed E-state index contributed by atoms with van der Waals surface area (Å²) in [6, 6.07) is 4.27. The molecule has 3 atom stereocenters. The Hall–Kier alpha value is -2.96. The zero-order valence-corrected chi connectivity index (χ0v) is 20.1. The van der Waals surface area contributed by atoms with Crippen molar-refractivity contribution in [2.45, 2.75) is 65.8 Å². The number of carbonyl (C=O) groups is 1. The zero-order valence-electron chi connectivity index (χ0n) is 20.1. The van der Waals surface area contributed by atoms with Gasteiger partial charge in [-0.2, -0.15) is 10.2 Å². The number of hydrogen-bond acceptors (Lipinski definition) is 5. The van der Waals surface area contributed by atoms with E-state index in [4.69, 9.17) is 4.98 Å². The summed E-state index contributed by atoms with van der Waals surface area (Å²) in [4.78, 5) is 18.6. The second-order valence-electron chi connectivity index (χ2n) is 10.1. The zero-order chi connectivity index (χ0) is 23.1. The van der Waals surface area contributed by atoms with Gasteiger partial charge in [0.2, 0.25) is 0 Å². The number of pyridine rings is 1. The molecule has 1 saturated heterocycles. The van der Waals surface area contributed by atoms with Crippen LogP contribution in [-0.4, -0.2) is 43.8 Å². The van der Waals surface area contributed by atoms with E-state index in [1.165, 1.54) is 42.6 Å². The fraction of sp³-hybridized carbons (Fsp3) is 0.538. The lowest BCUT2D eigenvalue weighted by molar-refractivity contribution is 0.101. The predicted molar refractivity (Wildman–Crippen MR) is 129 cm³/mol. The molecule has 0 bridgehead atoms. The topological polar surface area (TPSA) is 79.7 Å². The first kappa shape index (κ1) is 21.9. The molecule has 7 heteroatoms. The summed E-state index contributed by atoms with van der Waals surface area (Å²) in [7, 11) is 0. The average molecular weight is 447 g/mol. The second kappa shape index (κ2) is 8.76. The van der Waals surface area contributed by atoms with Gasteiger partial charge in [0.15, 0.2) is 5.78 Å². The third kappa shape index (κ3) is 4.33. The van der Waals surface area contributed by atoms with Crippen molar-refractivity contribution in [1.82, 2.24) is 25.0 Å². The highest BCUT2D eigenvalue weighted by atomic mass is 16.1. The van der Waals surface area contributed by atoms with E-state index >= 15 is 0 Å². The summed E-state index contributed by atoms with van der Waals surface area (Å²) in [5.41, 5.74) is 6.87. The Bertz CT molecular complexity index is 1150. The third-order valence-electron chi connectivity index (χ3n) is 7.76. The molecule has 0 radical (unpaired) electrons. The van der Waals surface area contributed by atoms with Crippen LogP contribution in [0.5, 0.6) is 0 Å². The van der Waals surface area contributed by atoms with Crippen LogP contribution in [0.4, 0.5) is 5.82 Å². The van der Waals surface area contributed by atoms with Crippen molar-refractivity contribution in [1.29, 1.82) is 0 Å². The molecule has 7 nitrogen and oxygen atoms in total. The average Bonchev–Trinajstić information content (AvgIpc) is 3.53. The van der Waals surface area contributed by atoms with Crippen molar-refractivity contribution in [2.75, 3.05) is 18.0 Å². The Morgan fingerprint density at radius 3 is 2.52 bits per heavy atom. The van der Waals surface area contributed by atoms with Crippen molar-refractivity contribution < 1.29 is 4.79 Å². The monoisotopic (exact) mass is 446 g/mol. The number of nitrogens with one attached hydrogen (secondary N) is 1. The molecule has 6 rings (SSSR count). The number of fused-ring (bicyclic) bond motifs is 2. The summed E-state index contributed by atoms with van der Waals surface area (Å²) in [5.74, 6) is 3.62. The molecule has 1 saturated carbocycles. The summed E-state index contributed by atoms with van der Waals surface area (Å²) < 4.78 is 1.80. The number of nitrogens with zero attached hydrogens (tertiary/aromatic N) is 5. The summed E-state index contributed by atoms with van der Waals surface area (Å²) in [5, 5.41) is 11.5. The number of hydrogen-bond donors (Lipinski definition) is 1. The van der Waals surface area contributed by atoms with Gasteiger partial charge < -0.3 is 4.90 Å². The van der Waals surface area contributed by atoms with Gasteiger partial charge in [0.05, 0.1) is 24.0 Å². The number of rotatable bonds is 4. The normalized spacial score (nSPS) is 22.9. The lowest BCUT2D eigenvalue weighted by Gasteiger charge is -2.27. The number of ketones is 1. The summed E-state index contributed by atoms with van der Waals surface area (Å²) >= 11 is 0. The van der Waals surface area contributed by atoms with Crippen LogP contribution < -0.4 is 4.90 Å². The Kier molecular flexibility index (Phi) is 5.81. The first-order valence-corrected chi connectivity index (χ1v) is 12.2. The molecular formula is C26H34N6O. The van der Waals surface area contributed by atoms with Gasteiger partial charge in [0, 0.05) is 36.6 Å². The first-order valence-electron chi connectivity index (χ1n) is 12.2. The van der Waals surface area contributed by atoms with E-state index < -0.39 is 0 Å². The minimum Gasteiger partial charge on any atom is -0.356 e. The lowest BCUT2D eigenvalue weighted by atomic mass is 9.77. The van der Waals surface area contributed by atoms with Crippen LogP contribution in [-0.2, 0) is 13.0 Å². The Balaban J connectivity index is 0.000000190. The molecular weight excluding hydrogens is 412 g/mol. The summed E-state index contributed by atoms with van der Waals surface area (Å²) in [6.07, 6.45) is 8.70. The van der Waals surface area contributed by atoms with E-state index in [1.54, 1.807) is 24.0 Å². The van der Waals surface area contributed by atoms with Crippen molar-refractivity contribution in [3.63, 3.8) is 0 Å². The minimum absolute atomic E-state index is 0.0464. The van der Waals surface area contributed by atoms with Gasteiger partial charge in [-0.15, -0.1) is 0 Å². The Labute approximate surface area is 195 Å². The van der Waals surface area contributed by atoms with Crippen molar-refractivity contribution >= 4 is 11.6 Å². The minimum atomic E-state index is 0.0464. The van der Waals surface area contributed by atoms with E-state index in [0.29, 0.717) is 18.0 Å². The maximum atomic E-state index is 11.4. The van der Waals surface area contributed by atoms with Crippen molar-refractivity contribution in [3.8, 4) is 0 Å². The maximum Gasteiger partial charge on any atom is 0.162 e. The molecule has 0 aromatic carbocycles. The first-order chi connectivity index (χ1) is 15.9. The quantitative estimate of drug-likeness (QED) is 0.599. The summed E-state index contributed by atoms with van der Waals surface area (Å²) in [6.45, 7) is 10.9. The van der Waals surface area contributed by atoms with E-state index in [1.807, 2.05) is 0 Å². The van der Waals surface area contributed by atoms with Crippen LogP contribution >= 0.6 is 0 Å². The van der Waals surface area contributed by atoms with Crippen molar-refractivity contribution in [2.24, 2.45) is 11.8 Å². The number of Topliss-reactive ketones (excluding diaryl/α,β-unsaturated/α-hetero) is 1. The molecule has 3 aromatic heterocycles. The number of aromatic nitrogens is 5.